The second-order valence-electron chi connectivity index (χ2n) is 5.51. The minimum absolute atomic E-state index is 0.0358. The molecule has 1 aromatic carbocycles. The van der Waals surface area contributed by atoms with E-state index in [1.165, 1.54) is 17.3 Å². The fourth-order valence-corrected chi connectivity index (χ4v) is 3.27. The van der Waals surface area contributed by atoms with E-state index in [2.05, 4.69) is 39.5 Å². The lowest BCUT2D eigenvalue weighted by atomic mass is 10.2. The number of morpholine rings is 1. The lowest BCUT2D eigenvalue weighted by molar-refractivity contribution is -0.118. The van der Waals surface area contributed by atoms with Crippen molar-refractivity contribution in [2.24, 2.45) is 0 Å². The first-order valence-electron chi connectivity index (χ1n) is 7.87. The van der Waals surface area contributed by atoms with E-state index in [1.54, 1.807) is 7.05 Å². The molecule has 1 fully saturated rings. The lowest BCUT2D eigenvalue weighted by Crippen LogP contribution is -2.37. The van der Waals surface area contributed by atoms with Crippen molar-refractivity contribution in [2.45, 2.75) is 12.1 Å². The highest BCUT2D eigenvalue weighted by Crippen LogP contribution is 2.27. The van der Waals surface area contributed by atoms with Crippen LogP contribution in [0.5, 0.6) is 0 Å². The van der Waals surface area contributed by atoms with E-state index >= 15 is 0 Å². The third-order valence-corrected chi connectivity index (χ3v) is 4.74. The van der Waals surface area contributed by atoms with Gasteiger partial charge in [-0.05, 0) is 19.1 Å². The summed E-state index contributed by atoms with van der Waals surface area (Å²) in [5.41, 5.74) is 2.19. The third kappa shape index (κ3) is 3.70. The number of nitrogens with zero attached hydrogens (tertiary/aromatic N) is 4. The zero-order valence-corrected chi connectivity index (χ0v) is 14.7. The maximum atomic E-state index is 11.6. The van der Waals surface area contributed by atoms with Gasteiger partial charge < -0.3 is 15.0 Å². The second-order valence-corrected chi connectivity index (χ2v) is 6.46. The average Bonchev–Trinajstić information content (AvgIpc) is 3.05. The van der Waals surface area contributed by atoms with E-state index < -0.39 is 0 Å². The largest absolute Gasteiger partial charge is 0.378 e. The van der Waals surface area contributed by atoms with Crippen molar-refractivity contribution in [1.82, 2.24) is 20.1 Å². The van der Waals surface area contributed by atoms with Crippen LogP contribution in [-0.4, -0.2) is 59.8 Å². The van der Waals surface area contributed by atoms with Crippen molar-refractivity contribution in [2.75, 3.05) is 44.0 Å². The minimum Gasteiger partial charge on any atom is -0.378 e. The molecule has 1 saturated heterocycles. The summed E-state index contributed by atoms with van der Waals surface area (Å²) in [5.74, 6) is 1.07. The summed E-state index contributed by atoms with van der Waals surface area (Å²) >= 11 is 1.38. The van der Waals surface area contributed by atoms with E-state index in [9.17, 15) is 4.79 Å². The van der Waals surface area contributed by atoms with Gasteiger partial charge in [0.15, 0.2) is 5.16 Å². The quantitative estimate of drug-likeness (QED) is 0.821. The van der Waals surface area contributed by atoms with Crippen molar-refractivity contribution in [3.05, 3.63) is 29.8 Å². The average molecular weight is 347 g/mol. The van der Waals surface area contributed by atoms with Crippen LogP contribution in [0, 0.1) is 6.92 Å². The molecule has 1 amide bonds. The third-order valence-electron chi connectivity index (χ3n) is 3.81. The number of aryl methyl sites for hydroxylation is 1. The molecule has 1 N–H and O–H groups in total. The van der Waals surface area contributed by atoms with Crippen LogP contribution < -0.4 is 10.2 Å². The van der Waals surface area contributed by atoms with Crippen LogP contribution in [0.15, 0.2) is 29.4 Å². The summed E-state index contributed by atoms with van der Waals surface area (Å²) in [6.07, 6.45) is 0. The molecule has 0 unspecified atom stereocenters. The van der Waals surface area contributed by atoms with Crippen LogP contribution >= 0.6 is 11.8 Å². The molecule has 0 spiro atoms. The molecular formula is C16H21N5O2S. The molecule has 24 heavy (non-hydrogen) atoms. The Morgan fingerprint density at radius 3 is 2.62 bits per heavy atom. The van der Waals surface area contributed by atoms with Crippen molar-refractivity contribution in [3.63, 3.8) is 0 Å². The van der Waals surface area contributed by atoms with Gasteiger partial charge in [0.2, 0.25) is 11.9 Å². The zero-order valence-electron chi connectivity index (χ0n) is 13.9. The number of anilines is 1. The summed E-state index contributed by atoms with van der Waals surface area (Å²) in [7, 11) is 1.63. The number of ether oxygens (including phenoxy) is 1. The Bertz CT molecular complexity index is 695. The van der Waals surface area contributed by atoms with Crippen LogP contribution in [0.3, 0.4) is 0 Å². The summed E-state index contributed by atoms with van der Waals surface area (Å²) in [6, 6.07) is 8.22. The summed E-state index contributed by atoms with van der Waals surface area (Å²) in [4.78, 5) is 13.7. The predicted octanol–water partition coefficient (Wildman–Crippen LogP) is 1.25. The first-order valence-corrected chi connectivity index (χ1v) is 8.86. The topological polar surface area (TPSA) is 72.3 Å². The van der Waals surface area contributed by atoms with Crippen LogP contribution in [-0.2, 0) is 9.53 Å². The van der Waals surface area contributed by atoms with Gasteiger partial charge in [0, 0.05) is 20.1 Å². The molecule has 0 saturated carbocycles. The minimum atomic E-state index is -0.0358. The highest BCUT2D eigenvalue weighted by atomic mass is 32.2. The molecule has 0 atom stereocenters. The van der Waals surface area contributed by atoms with E-state index in [1.807, 2.05) is 16.7 Å². The molecular weight excluding hydrogens is 326 g/mol. The van der Waals surface area contributed by atoms with Gasteiger partial charge in [-0.25, -0.2) is 0 Å². The number of amides is 1. The molecule has 1 aromatic heterocycles. The van der Waals surface area contributed by atoms with Crippen molar-refractivity contribution < 1.29 is 9.53 Å². The number of thioether (sulfide) groups is 1. The molecule has 1 aliphatic heterocycles. The maximum absolute atomic E-state index is 11.6. The molecule has 1 aliphatic rings. The molecule has 2 aromatic rings. The van der Waals surface area contributed by atoms with Crippen LogP contribution in [0.4, 0.5) is 5.95 Å². The van der Waals surface area contributed by atoms with Gasteiger partial charge in [0.1, 0.15) is 0 Å². The van der Waals surface area contributed by atoms with Crippen molar-refractivity contribution in [3.8, 4) is 5.69 Å². The van der Waals surface area contributed by atoms with Crippen LogP contribution in [0.2, 0.25) is 0 Å². The molecule has 0 bridgehead atoms. The number of benzene rings is 1. The monoisotopic (exact) mass is 347 g/mol. The van der Waals surface area contributed by atoms with E-state index in [0.29, 0.717) is 24.1 Å². The number of rotatable bonds is 5. The van der Waals surface area contributed by atoms with Crippen LogP contribution in [0.25, 0.3) is 5.69 Å². The first kappa shape index (κ1) is 16.8. The first-order chi connectivity index (χ1) is 11.7. The van der Waals surface area contributed by atoms with Gasteiger partial charge in [-0.3, -0.25) is 9.36 Å². The van der Waals surface area contributed by atoms with Gasteiger partial charge >= 0.3 is 0 Å². The Hall–Kier alpha value is -2.06. The summed E-state index contributed by atoms with van der Waals surface area (Å²) in [5, 5.41) is 12.0. The predicted molar refractivity (Wildman–Crippen MR) is 93.9 cm³/mol. The SMILES string of the molecule is CNC(=O)CSc1nnc(N2CCOCC2)n1-c1ccc(C)cc1. The summed E-state index contributed by atoms with van der Waals surface area (Å²) < 4.78 is 7.44. The Kier molecular flexibility index (Phi) is 5.37. The Morgan fingerprint density at radius 1 is 1.25 bits per heavy atom. The number of nitrogens with one attached hydrogen (secondary N) is 1. The Labute approximate surface area is 145 Å². The van der Waals surface area contributed by atoms with Gasteiger partial charge in [0.25, 0.3) is 0 Å². The highest BCUT2D eigenvalue weighted by molar-refractivity contribution is 7.99. The number of aromatic nitrogens is 3. The van der Waals surface area contributed by atoms with E-state index in [4.69, 9.17) is 4.74 Å². The number of carbonyl (C=O) groups is 1. The summed E-state index contributed by atoms with van der Waals surface area (Å²) in [6.45, 7) is 4.98. The number of hydrogen-bond acceptors (Lipinski definition) is 6. The Balaban J connectivity index is 1.94. The smallest absolute Gasteiger partial charge is 0.232 e. The van der Waals surface area contributed by atoms with Gasteiger partial charge in [-0.2, -0.15) is 0 Å². The molecule has 7 nitrogen and oxygen atoms in total. The van der Waals surface area contributed by atoms with Gasteiger partial charge in [-0.1, -0.05) is 29.5 Å². The fourth-order valence-electron chi connectivity index (χ4n) is 2.45. The lowest BCUT2D eigenvalue weighted by Gasteiger charge is -2.27. The van der Waals surface area contributed by atoms with E-state index in [0.717, 1.165) is 24.7 Å². The molecule has 2 heterocycles. The highest BCUT2D eigenvalue weighted by Gasteiger charge is 2.22. The standard InChI is InChI=1S/C16H21N5O2S/c1-12-3-5-13(6-4-12)21-15(20-7-9-23-10-8-20)18-19-16(21)24-11-14(22)17-2/h3-6H,7-11H2,1-2H3,(H,17,22). The number of carbonyl (C=O) groups excluding carboxylic acids is 1. The molecule has 8 heteroatoms. The Morgan fingerprint density at radius 2 is 1.96 bits per heavy atom. The fraction of sp³-hybridized carbons (Fsp3) is 0.438. The number of hydrogen-bond donors (Lipinski definition) is 1. The van der Waals surface area contributed by atoms with Gasteiger partial charge in [0.05, 0.1) is 24.7 Å². The zero-order chi connectivity index (χ0) is 16.9. The van der Waals surface area contributed by atoms with E-state index in [-0.39, 0.29) is 5.91 Å². The molecule has 3 rings (SSSR count). The molecule has 0 aliphatic carbocycles. The normalized spacial score (nSPS) is 14.7. The van der Waals surface area contributed by atoms with Crippen molar-refractivity contribution >= 4 is 23.6 Å². The molecule has 0 radical (unpaired) electrons. The van der Waals surface area contributed by atoms with Gasteiger partial charge in [-0.15, -0.1) is 10.2 Å². The molecule has 128 valence electrons. The maximum Gasteiger partial charge on any atom is 0.232 e. The van der Waals surface area contributed by atoms with Crippen LogP contribution in [0.1, 0.15) is 5.56 Å². The van der Waals surface area contributed by atoms with Crippen molar-refractivity contribution in [1.29, 1.82) is 0 Å². The second kappa shape index (κ2) is 7.67.